The first-order chi connectivity index (χ1) is 9.52. The third kappa shape index (κ3) is 2.89. The molecule has 0 aliphatic carbocycles. The average Bonchev–Trinajstić information content (AvgIpc) is 2.43. The number of nitrogens with two attached hydrogens (primary N) is 1. The van der Waals surface area contributed by atoms with Crippen LogP contribution in [0.3, 0.4) is 0 Å². The van der Waals surface area contributed by atoms with E-state index in [0.29, 0.717) is 36.9 Å². The van der Waals surface area contributed by atoms with Crippen molar-refractivity contribution in [3.8, 4) is 11.5 Å². The molecule has 1 aliphatic rings. The maximum atomic E-state index is 11.9. The van der Waals surface area contributed by atoms with Crippen LogP contribution in [0.15, 0.2) is 12.1 Å². The van der Waals surface area contributed by atoms with E-state index in [1.807, 2.05) is 17.9 Å². The van der Waals surface area contributed by atoms with E-state index in [9.17, 15) is 4.79 Å². The van der Waals surface area contributed by atoms with Crippen LogP contribution in [0.5, 0.6) is 11.5 Å². The molecular formula is C14H21N3O3. The molecular weight excluding hydrogens is 258 g/mol. The van der Waals surface area contributed by atoms with Gasteiger partial charge in [-0.15, -0.1) is 0 Å². The minimum Gasteiger partial charge on any atom is -0.486 e. The summed E-state index contributed by atoms with van der Waals surface area (Å²) in [6.07, 6.45) is 0. The predicted octanol–water partition coefficient (Wildman–Crippen LogP) is 0.955. The molecule has 0 spiro atoms. The van der Waals surface area contributed by atoms with E-state index in [1.165, 1.54) is 0 Å². The summed E-state index contributed by atoms with van der Waals surface area (Å²) < 4.78 is 11.1. The van der Waals surface area contributed by atoms with Gasteiger partial charge >= 0.3 is 0 Å². The van der Waals surface area contributed by atoms with Gasteiger partial charge in [-0.1, -0.05) is 0 Å². The highest BCUT2D eigenvalue weighted by atomic mass is 16.6. The van der Waals surface area contributed by atoms with Gasteiger partial charge in [-0.3, -0.25) is 4.79 Å². The number of fused-ring (bicyclic) bond motifs is 1. The SMILES string of the molecule is CCN(CC(=O)N(C)C)c1cc2c(cc1N)OCCO2. The molecule has 0 bridgehead atoms. The van der Waals surface area contributed by atoms with E-state index in [0.717, 1.165) is 5.69 Å². The molecule has 1 heterocycles. The van der Waals surface area contributed by atoms with Gasteiger partial charge in [0.25, 0.3) is 0 Å². The normalized spacial score (nSPS) is 12.9. The van der Waals surface area contributed by atoms with Crippen LogP contribution in [-0.4, -0.2) is 51.2 Å². The van der Waals surface area contributed by atoms with E-state index >= 15 is 0 Å². The predicted molar refractivity (Wildman–Crippen MR) is 78.4 cm³/mol. The monoisotopic (exact) mass is 279 g/mol. The Morgan fingerprint density at radius 2 is 1.85 bits per heavy atom. The number of nitrogens with zero attached hydrogens (tertiary/aromatic N) is 2. The van der Waals surface area contributed by atoms with Crippen molar-refractivity contribution < 1.29 is 14.3 Å². The maximum Gasteiger partial charge on any atom is 0.241 e. The zero-order valence-electron chi connectivity index (χ0n) is 12.2. The molecule has 2 N–H and O–H groups in total. The minimum atomic E-state index is 0.0288. The highest BCUT2D eigenvalue weighted by Crippen LogP contribution is 2.38. The molecule has 0 fully saturated rings. The molecule has 110 valence electrons. The number of hydrogen-bond donors (Lipinski definition) is 1. The molecule has 0 radical (unpaired) electrons. The number of hydrogen-bond acceptors (Lipinski definition) is 5. The number of anilines is 2. The van der Waals surface area contributed by atoms with Crippen LogP contribution < -0.4 is 20.1 Å². The zero-order chi connectivity index (χ0) is 14.7. The lowest BCUT2D eigenvalue weighted by Crippen LogP contribution is -2.37. The van der Waals surface area contributed by atoms with Gasteiger partial charge in [-0.05, 0) is 6.92 Å². The lowest BCUT2D eigenvalue weighted by Gasteiger charge is -2.27. The highest BCUT2D eigenvalue weighted by molar-refractivity contribution is 5.83. The van der Waals surface area contributed by atoms with Crippen molar-refractivity contribution in [2.75, 3.05) is 51.0 Å². The standard InChI is InChI=1S/C14H21N3O3/c1-4-17(9-14(18)16(2)3)11-8-13-12(7-10(11)15)19-5-6-20-13/h7-8H,4-6,9,15H2,1-3H3. The van der Waals surface area contributed by atoms with Crippen LogP contribution in [0.2, 0.25) is 0 Å². The van der Waals surface area contributed by atoms with E-state index < -0.39 is 0 Å². The number of ether oxygens (including phenoxy) is 2. The lowest BCUT2D eigenvalue weighted by atomic mass is 10.2. The molecule has 2 rings (SSSR count). The van der Waals surface area contributed by atoms with E-state index in [1.54, 1.807) is 25.1 Å². The topological polar surface area (TPSA) is 68.0 Å². The third-order valence-corrected chi connectivity index (χ3v) is 3.24. The van der Waals surface area contributed by atoms with Gasteiger partial charge in [0.15, 0.2) is 11.5 Å². The number of carbonyl (C=O) groups is 1. The van der Waals surface area contributed by atoms with Gasteiger partial charge in [-0.25, -0.2) is 0 Å². The Morgan fingerprint density at radius 3 is 2.40 bits per heavy atom. The number of amides is 1. The van der Waals surface area contributed by atoms with Crippen LogP contribution in [0.4, 0.5) is 11.4 Å². The fourth-order valence-corrected chi connectivity index (χ4v) is 2.04. The van der Waals surface area contributed by atoms with Crippen molar-refractivity contribution in [1.82, 2.24) is 4.90 Å². The molecule has 6 heteroatoms. The summed E-state index contributed by atoms with van der Waals surface area (Å²) in [5, 5.41) is 0. The summed E-state index contributed by atoms with van der Waals surface area (Å²) in [5.74, 6) is 1.37. The van der Waals surface area contributed by atoms with Crippen LogP contribution in [0.1, 0.15) is 6.92 Å². The number of nitrogen functional groups attached to an aromatic ring is 1. The quantitative estimate of drug-likeness (QED) is 0.831. The zero-order valence-corrected chi connectivity index (χ0v) is 12.2. The summed E-state index contributed by atoms with van der Waals surface area (Å²) in [5.41, 5.74) is 7.45. The van der Waals surface area contributed by atoms with Gasteiger partial charge in [0.05, 0.1) is 17.9 Å². The molecule has 0 saturated heterocycles. The molecule has 0 unspecified atom stereocenters. The minimum absolute atomic E-state index is 0.0288. The Labute approximate surface area is 119 Å². The first kappa shape index (κ1) is 14.3. The molecule has 1 aromatic carbocycles. The Hall–Kier alpha value is -2.11. The molecule has 0 atom stereocenters. The summed E-state index contributed by atoms with van der Waals surface area (Å²) in [6, 6.07) is 3.60. The number of benzene rings is 1. The summed E-state index contributed by atoms with van der Waals surface area (Å²) >= 11 is 0. The van der Waals surface area contributed by atoms with Crippen molar-refractivity contribution in [3.63, 3.8) is 0 Å². The molecule has 0 saturated carbocycles. The number of likely N-dealkylation sites (N-methyl/N-ethyl adjacent to an activating group) is 2. The number of carbonyl (C=O) groups excluding carboxylic acids is 1. The second kappa shape index (κ2) is 5.90. The number of rotatable bonds is 4. The summed E-state index contributed by atoms with van der Waals surface area (Å²) in [4.78, 5) is 15.4. The van der Waals surface area contributed by atoms with Gasteiger partial charge in [0.2, 0.25) is 5.91 Å². The van der Waals surface area contributed by atoms with Crippen molar-refractivity contribution >= 4 is 17.3 Å². The summed E-state index contributed by atoms with van der Waals surface area (Å²) in [7, 11) is 3.48. The van der Waals surface area contributed by atoms with Gasteiger partial charge < -0.3 is 25.0 Å². The smallest absolute Gasteiger partial charge is 0.241 e. The van der Waals surface area contributed by atoms with Crippen molar-refractivity contribution in [2.24, 2.45) is 0 Å². The van der Waals surface area contributed by atoms with Crippen LogP contribution in [0.25, 0.3) is 0 Å². The molecule has 1 aromatic rings. The summed E-state index contributed by atoms with van der Waals surface area (Å²) in [6.45, 7) is 4.01. The van der Waals surface area contributed by atoms with Crippen molar-refractivity contribution in [1.29, 1.82) is 0 Å². The van der Waals surface area contributed by atoms with Crippen molar-refractivity contribution in [2.45, 2.75) is 6.92 Å². The third-order valence-electron chi connectivity index (χ3n) is 3.24. The average molecular weight is 279 g/mol. The van der Waals surface area contributed by atoms with Crippen LogP contribution >= 0.6 is 0 Å². The van der Waals surface area contributed by atoms with E-state index in [4.69, 9.17) is 15.2 Å². The van der Waals surface area contributed by atoms with Crippen LogP contribution in [0, 0.1) is 0 Å². The highest BCUT2D eigenvalue weighted by Gasteiger charge is 2.19. The molecule has 1 amide bonds. The molecule has 20 heavy (non-hydrogen) atoms. The van der Waals surface area contributed by atoms with E-state index in [2.05, 4.69) is 0 Å². The van der Waals surface area contributed by atoms with Gasteiger partial charge in [0.1, 0.15) is 13.2 Å². The van der Waals surface area contributed by atoms with Gasteiger partial charge in [-0.2, -0.15) is 0 Å². The Morgan fingerprint density at radius 1 is 1.25 bits per heavy atom. The second-order valence-corrected chi connectivity index (χ2v) is 4.86. The van der Waals surface area contributed by atoms with E-state index in [-0.39, 0.29) is 12.5 Å². The Bertz CT molecular complexity index is 503. The fourth-order valence-electron chi connectivity index (χ4n) is 2.04. The molecule has 0 aromatic heterocycles. The molecule has 6 nitrogen and oxygen atoms in total. The lowest BCUT2D eigenvalue weighted by molar-refractivity contribution is -0.127. The largest absolute Gasteiger partial charge is 0.486 e. The van der Waals surface area contributed by atoms with Crippen molar-refractivity contribution in [3.05, 3.63) is 12.1 Å². The first-order valence-corrected chi connectivity index (χ1v) is 6.67. The Kier molecular flexibility index (Phi) is 4.22. The maximum absolute atomic E-state index is 11.9. The second-order valence-electron chi connectivity index (χ2n) is 4.86. The molecule has 1 aliphatic heterocycles. The fraction of sp³-hybridized carbons (Fsp3) is 0.500. The first-order valence-electron chi connectivity index (χ1n) is 6.67. The van der Waals surface area contributed by atoms with Crippen LogP contribution in [-0.2, 0) is 4.79 Å². The Balaban J connectivity index is 2.27. The van der Waals surface area contributed by atoms with Gasteiger partial charge in [0, 0.05) is 32.8 Å².